The molecule has 0 spiro atoms. The first-order chi connectivity index (χ1) is 10.6. The van der Waals surface area contributed by atoms with E-state index in [2.05, 4.69) is 9.97 Å². The third-order valence-electron chi connectivity index (χ3n) is 4.09. The summed E-state index contributed by atoms with van der Waals surface area (Å²) in [5, 5.41) is 10.1. The van der Waals surface area contributed by atoms with Crippen molar-refractivity contribution in [3.63, 3.8) is 0 Å². The van der Waals surface area contributed by atoms with Gasteiger partial charge in [0.1, 0.15) is 0 Å². The molecular formula is C15H18N4O2S. The van der Waals surface area contributed by atoms with Crippen molar-refractivity contribution in [1.82, 2.24) is 14.5 Å². The largest absolute Gasteiger partial charge is 0.395 e. The lowest BCUT2D eigenvalue weighted by atomic mass is 9.92. The standard InChI is InChI=1S/C15H18N4O2S/c1-8-11(14(16)21)10-4-3-9-7-17-15(22-2)18-12(9)13(10)19(8)5-6-20/h7,20H,3-6H2,1-2H3,(H2,16,21). The number of rotatable bonds is 4. The van der Waals surface area contributed by atoms with Crippen LogP contribution in [-0.2, 0) is 19.4 Å². The van der Waals surface area contributed by atoms with Crippen LogP contribution < -0.4 is 5.73 Å². The molecule has 0 bridgehead atoms. The lowest BCUT2D eigenvalue weighted by Crippen LogP contribution is -2.15. The molecule has 0 saturated heterocycles. The Morgan fingerprint density at radius 3 is 2.91 bits per heavy atom. The summed E-state index contributed by atoms with van der Waals surface area (Å²) in [7, 11) is 0. The van der Waals surface area contributed by atoms with Gasteiger partial charge in [-0.05, 0) is 37.1 Å². The molecule has 2 aromatic rings. The molecule has 7 heteroatoms. The van der Waals surface area contributed by atoms with Gasteiger partial charge >= 0.3 is 0 Å². The van der Waals surface area contributed by atoms with Crippen LogP contribution in [0.3, 0.4) is 0 Å². The molecule has 3 N–H and O–H groups in total. The van der Waals surface area contributed by atoms with Crippen molar-refractivity contribution in [2.75, 3.05) is 12.9 Å². The number of nitrogens with zero attached hydrogens (tertiary/aromatic N) is 3. The van der Waals surface area contributed by atoms with Gasteiger partial charge < -0.3 is 15.4 Å². The van der Waals surface area contributed by atoms with Gasteiger partial charge in [0, 0.05) is 18.4 Å². The van der Waals surface area contributed by atoms with Gasteiger partial charge in [0.25, 0.3) is 5.91 Å². The second kappa shape index (κ2) is 5.73. The highest BCUT2D eigenvalue weighted by Gasteiger charge is 2.29. The quantitative estimate of drug-likeness (QED) is 0.652. The Hall–Kier alpha value is -1.86. The minimum Gasteiger partial charge on any atom is -0.395 e. The number of nitrogens with two attached hydrogens (primary N) is 1. The van der Waals surface area contributed by atoms with Gasteiger partial charge in [-0.15, -0.1) is 0 Å². The summed E-state index contributed by atoms with van der Waals surface area (Å²) in [4.78, 5) is 20.8. The number of aromatic nitrogens is 3. The molecule has 2 aromatic heterocycles. The monoisotopic (exact) mass is 318 g/mol. The first-order valence-corrected chi connectivity index (χ1v) is 8.33. The van der Waals surface area contributed by atoms with E-state index < -0.39 is 5.91 Å². The predicted octanol–water partition coefficient (Wildman–Crippen LogP) is 1.17. The highest BCUT2D eigenvalue weighted by atomic mass is 32.2. The molecule has 1 amide bonds. The van der Waals surface area contributed by atoms with Crippen molar-refractivity contribution < 1.29 is 9.90 Å². The number of hydrogen-bond acceptors (Lipinski definition) is 5. The summed E-state index contributed by atoms with van der Waals surface area (Å²) in [6.07, 6.45) is 5.31. The predicted molar refractivity (Wildman–Crippen MR) is 85.0 cm³/mol. The molecule has 0 fully saturated rings. The summed E-state index contributed by atoms with van der Waals surface area (Å²) in [5.74, 6) is -0.423. The maximum atomic E-state index is 11.9. The van der Waals surface area contributed by atoms with Gasteiger partial charge in [-0.2, -0.15) is 0 Å². The number of carbonyl (C=O) groups excluding carboxylic acids is 1. The second-order valence-electron chi connectivity index (χ2n) is 5.26. The number of aryl methyl sites for hydroxylation is 1. The molecule has 0 saturated carbocycles. The van der Waals surface area contributed by atoms with Crippen molar-refractivity contribution in [3.8, 4) is 11.4 Å². The Bertz CT molecular complexity index is 754. The van der Waals surface area contributed by atoms with Crippen molar-refractivity contribution in [2.45, 2.75) is 31.5 Å². The molecule has 0 atom stereocenters. The lowest BCUT2D eigenvalue weighted by molar-refractivity contribution is 0.0998. The van der Waals surface area contributed by atoms with E-state index in [0.717, 1.165) is 41.1 Å². The molecule has 2 heterocycles. The molecule has 22 heavy (non-hydrogen) atoms. The summed E-state index contributed by atoms with van der Waals surface area (Å²) < 4.78 is 1.95. The Kier molecular flexibility index (Phi) is 3.92. The van der Waals surface area contributed by atoms with Gasteiger partial charge in [0.2, 0.25) is 0 Å². The van der Waals surface area contributed by atoms with Crippen LogP contribution in [0.15, 0.2) is 11.4 Å². The van der Waals surface area contributed by atoms with Crippen LogP contribution in [0.1, 0.15) is 27.2 Å². The van der Waals surface area contributed by atoms with E-state index in [0.29, 0.717) is 17.3 Å². The van der Waals surface area contributed by atoms with Crippen LogP contribution in [0, 0.1) is 6.92 Å². The highest BCUT2D eigenvalue weighted by molar-refractivity contribution is 7.98. The van der Waals surface area contributed by atoms with Gasteiger partial charge in [-0.25, -0.2) is 9.97 Å². The summed E-state index contributed by atoms with van der Waals surface area (Å²) in [6, 6.07) is 0. The van der Waals surface area contributed by atoms with Crippen LogP contribution in [0.25, 0.3) is 11.4 Å². The third-order valence-corrected chi connectivity index (χ3v) is 4.65. The summed E-state index contributed by atoms with van der Waals surface area (Å²) in [6.45, 7) is 2.28. The molecule has 0 aromatic carbocycles. The molecule has 1 aliphatic carbocycles. The van der Waals surface area contributed by atoms with Crippen LogP contribution in [0.4, 0.5) is 0 Å². The Morgan fingerprint density at radius 1 is 1.50 bits per heavy atom. The fraction of sp³-hybridized carbons (Fsp3) is 0.400. The molecule has 1 aliphatic rings. The van der Waals surface area contributed by atoms with Crippen LogP contribution >= 0.6 is 11.8 Å². The van der Waals surface area contributed by atoms with Gasteiger partial charge in [-0.1, -0.05) is 11.8 Å². The highest BCUT2D eigenvalue weighted by Crippen LogP contribution is 2.37. The maximum absolute atomic E-state index is 11.9. The number of primary amides is 1. The van der Waals surface area contributed by atoms with Crippen molar-refractivity contribution in [2.24, 2.45) is 5.73 Å². The van der Waals surface area contributed by atoms with Gasteiger partial charge in [-0.3, -0.25) is 4.79 Å². The van der Waals surface area contributed by atoms with Crippen LogP contribution in [0.5, 0.6) is 0 Å². The SMILES string of the molecule is CSc1ncc2c(n1)-c1c(c(C(N)=O)c(C)n1CCO)CC2. The lowest BCUT2D eigenvalue weighted by Gasteiger charge is -2.19. The van der Waals surface area contributed by atoms with Crippen molar-refractivity contribution >= 4 is 17.7 Å². The number of amides is 1. The summed E-state index contributed by atoms with van der Waals surface area (Å²) in [5.41, 5.74) is 10.7. The molecule has 0 radical (unpaired) electrons. The maximum Gasteiger partial charge on any atom is 0.250 e. The smallest absolute Gasteiger partial charge is 0.250 e. The Balaban J connectivity index is 2.31. The molecule has 6 nitrogen and oxygen atoms in total. The number of thioether (sulfide) groups is 1. The first kappa shape index (κ1) is 15.1. The Labute approximate surface area is 132 Å². The van der Waals surface area contributed by atoms with Crippen molar-refractivity contribution in [3.05, 3.63) is 28.6 Å². The number of aliphatic hydroxyl groups is 1. The molecule has 0 unspecified atom stereocenters. The van der Waals surface area contributed by atoms with E-state index in [1.807, 2.05) is 23.9 Å². The minimum absolute atomic E-state index is 0.00400. The van der Waals surface area contributed by atoms with Crippen LogP contribution in [-0.4, -0.2) is 38.4 Å². The van der Waals surface area contributed by atoms with E-state index in [1.54, 1.807) is 0 Å². The number of carbonyl (C=O) groups is 1. The minimum atomic E-state index is -0.423. The molecular weight excluding hydrogens is 300 g/mol. The normalized spacial score (nSPS) is 12.9. The average molecular weight is 318 g/mol. The fourth-order valence-electron chi connectivity index (χ4n) is 3.16. The number of fused-ring (bicyclic) bond motifs is 3. The van der Waals surface area contributed by atoms with E-state index in [4.69, 9.17) is 5.73 Å². The zero-order chi connectivity index (χ0) is 15.9. The summed E-state index contributed by atoms with van der Waals surface area (Å²) >= 11 is 1.48. The average Bonchev–Trinajstić information content (AvgIpc) is 2.80. The zero-order valence-corrected chi connectivity index (χ0v) is 13.4. The number of aliphatic hydroxyl groups excluding tert-OH is 1. The van der Waals surface area contributed by atoms with Gasteiger partial charge in [0.05, 0.1) is 23.6 Å². The Morgan fingerprint density at radius 2 is 2.27 bits per heavy atom. The first-order valence-electron chi connectivity index (χ1n) is 7.11. The van der Waals surface area contributed by atoms with Crippen molar-refractivity contribution in [1.29, 1.82) is 0 Å². The van der Waals surface area contributed by atoms with E-state index in [-0.39, 0.29) is 6.61 Å². The van der Waals surface area contributed by atoms with E-state index >= 15 is 0 Å². The van der Waals surface area contributed by atoms with E-state index in [9.17, 15) is 9.90 Å². The topological polar surface area (TPSA) is 94.0 Å². The molecule has 116 valence electrons. The zero-order valence-electron chi connectivity index (χ0n) is 12.6. The molecule has 3 rings (SSSR count). The third kappa shape index (κ3) is 2.21. The second-order valence-corrected chi connectivity index (χ2v) is 6.03. The number of hydrogen-bond donors (Lipinski definition) is 2. The fourth-order valence-corrected chi connectivity index (χ4v) is 3.50. The van der Waals surface area contributed by atoms with E-state index in [1.165, 1.54) is 11.8 Å². The molecule has 0 aliphatic heterocycles. The van der Waals surface area contributed by atoms with Gasteiger partial charge in [0.15, 0.2) is 5.16 Å². The van der Waals surface area contributed by atoms with Crippen LogP contribution in [0.2, 0.25) is 0 Å².